The molecule has 0 fully saturated rings. The molecule has 3 N–H and O–H groups in total. The molecular weight excluding hydrogens is 206 g/mol. The van der Waals surface area contributed by atoms with Crippen molar-refractivity contribution in [2.45, 2.75) is 11.5 Å². The number of aliphatic hydroxyl groups excluding tert-OH is 1. The van der Waals surface area contributed by atoms with Crippen LogP contribution in [0.1, 0.15) is 5.56 Å². The van der Waals surface area contributed by atoms with Gasteiger partial charge in [-0.1, -0.05) is 12.1 Å². The predicted octanol–water partition coefficient (Wildman–Crippen LogP) is -0.165. The van der Waals surface area contributed by atoms with E-state index >= 15 is 0 Å². The molecule has 1 aromatic rings. The van der Waals surface area contributed by atoms with Crippen molar-refractivity contribution >= 4 is 10.0 Å². The molecule has 0 aromatic heterocycles. The zero-order valence-corrected chi connectivity index (χ0v) is 8.41. The van der Waals surface area contributed by atoms with Crippen LogP contribution in [0.5, 0.6) is 5.75 Å². The Morgan fingerprint density at radius 1 is 1.50 bits per heavy atom. The molecule has 5 nitrogen and oxygen atoms in total. The van der Waals surface area contributed by atoms with Gasteiger partial charge < -0.3 is 9.84 Å². The fraction of sp³-hybridized carbons (Fsp3) is 0.250. The van der Waals surface area contributed by atoms with Gasteiger partial charge in [-0.2, -0.15) is 0 Å². The zero-order valence-electron chi connectivity index (χ0n) is 7.60. The molecule has 78 valence electrons. The second kappa shape index (κ2) is 3.95. The fourth-order valence-corrected chi connectivity index (χ4v) is 1.88. The number of aliphatic hydroxyl groups is 1. The highest BCUT2D eigenvalue weighted by molar-refractivity contribution is 7.89. The molecule has 6 heteroatoms. The van der Waals surface area contributed by atoms with Gasteiger partial charge in [0.05, 0.1) is 13.7 Å². The number of hydrogen-bond donors (Lipinski definition) is 2. The fourth-order valence-electron chi connectivity index (χ4n) is 1.14. The van der Waals surface area contributed by atoms with Gasteiger partial charge in [0.2, 0.25) is 10.0 Å². The Balaban J connectivity index is 3.45. The van der Waals surface area contributed by atoms with Gasteiger partial charge in [0.15, 0.2) is 0 Å². The lowest BCUT2D eigenvalue weighted by atomic mass is 10.2. The Bertz CT molecular complexity index is 427. The maximum atomic E-state index is 11.1. The summed E-state index contributed by atoms with van der Waals surface area (Å²) in [6.45, 7) is -0.299. The standard InChI is InChI=1S/C8H11NO4S/c1-13-8-6(5-10)3-2-4-7(8)14(9,11)12/h2-4,10H,5H2,1H3,(H2,9,11,12). The van der Waals surface area contributed by atoms with Crippen LogP contribution in [0.25, 0.3) is 0 Å². The minimum absolute atomic E-state index is 0.0949. The maximum absolute atomic E-state index is 11.1. The minimum Gasteiger partial charge on any atom is -0.495 e. The predicted molar refractivity (Wildman–Crippen MR) is 50.3 cm³/mol. The SMILES string of the molecule is COc1c(CO)cccc1S(N)(=O)=O. The van der Waals surface area contributed by atoms with Crippen LogP contribution in [0.15, 0.2) is 23.1 Å². The van der Waals surface area contributed by atoms with Gasteiger partial charge in [-0.05, 0) is 6.07 Å². The van der Waals surface area contributed by atoms with Crippen molar-refractivity contribution in [2.24, 2.45) is 5.14 Å². The molecule has 0 saturated heterocycles. The molecule has 14 heavy (non-hydrogen) atoms. The highest BCUT2D eigenvalue weighted by Gasteiger charge is 2.16. The molecular formula is C8H11NO4S. The van der Waals surface area contributed by atoms with E-state index < -0.39 is 10.0 Å². The molecule has 0 aliphatic rings. The molecule has 0 aliphatic carbocycles. The Hall–Kier alpha value is -1.11. The van der Waals surface area contributed by atoms with Crippen molar-refractivity contribution in [3.8, 4) is 5.75 Å². The molecule has 0 saturated carbocycles. The Morgan fingerprint density at radius 2 is 2.14 bits per heavy atom. The first-order valence-electron chi connectivity index (χ1n) is 3.80. The first kappa shape index (κ1) is 11.0. The van der Waals surface area contributed by atoms with Crippen LogP contribution >= 0.6 is 0 Å². The number of sulfonamides is 1. The van der Waals surface area contributed by atoms with E-state index in [1.807, 2.05) is 0 Å². The van der Waals surface area contributed by atoms with Crippen LogP contribution in [0.4, 0.5) is 0 Å². The highest BCUT2D eigenvalue weighted by atomic mass is 32.2. The van der Waals surface area contributed by atoms with E-state index in [2.05, 4.69) is 0 Å². The second-order valence-electron chi connectivity index (χ2n) is 2.65. The number of rotatable bonds is 3. The molecule has 0 unspecified atom stereocenters. The Labute approximate surface area is 82.2 Å². The third kappa shape index (κ3) is 2.03. The summed E-state index contributed by atoms with van der Waals surface area (Å²) in [6.07, 6.45) is 0. The molecule has 0 amide bonds. The molecule has 0 spiro atoms. The number of benzene rings is 1. The van der Waals surface area contributed by atoms with Gasteiger partial charge in [0, 0.05) is 5.56 Å². The van der Waals surface area contributed by atoms with E-state index in [1.54, 1.807) is 6.07 Å². The van der Waals surface area contributed by atoms with Crippen molar-refractivity contribution < 1.29 is 18.3 Å². The van der Waals surface area contributed by atoms with Gasteiger partial charge in [-0.3, -0.25) is 0 Å². The number of nitrogens with two attached hydrogens (primary N) is 1. The van der Waals surface area contributed by atoms with E-state index in [0.29, 0.717) is 5.56 Å². The first-order valence-corrected chi connectivity index (χ1v) is 5.35. The van der Waals surface area contributed by atoms with Crippen LogP contribution in [-0.4, -0.2) is 20.6 Å². The normalized spacial score (nSPS) is 11.4. The summed E-state index contributed by atoms with van der Waals surface area (Å²) in [5.41, 5.74) is 0.388. The zero-order chi connectivity index (χ0) is 10.8. The van der Waals surface area contributed by atoms with Gasteiger partial charge in [0.25, 0.3) is 0 Å². The van der Waals surface area contributed by atoms with E-state index in [1.165, 1.54) is 19.2 Å². The third-order valence-corrected chi connectivity index (χ3v) is 2.68. The lowest BCUT2D eigenvalue weighted by molar-refractivity contribution is 0.272. The van der Waals surface area contributed by atoms with E-state index in [4.69, 9.17) is 15.0 Å². The number of primary sulfonamides is 1. The molecule has 0 bridgehead atoms. The van der Waals surface area contributed by atoms with Gasteiger partial charge >= 0.3 is 0 Å². The smallest absolute Gasteiger partial charge is 0.241 e. The van der Waals surface area contributed by atoms with Crippen LogP contribution in [0, 0.1) is 0 Å². The van der Waals surface area contributed by atoms with Crippen molar-refractivity contribution in [3.05, 3.63) is 23.8 Å². The molecule has 1 rings (SSSR count). The number of para-hydroxylation sites is 1. The Morgan fingerprint density at radius 3 is 2.57 bits per heavy atom. The average Bonchev–Trinajstić information content (AvgIpc) is 2.15. The summed E-state index contributed by atoms with van der Waals surface area (Å²) in [5, 5.41) is 13.9. The van der Waals surface area contributed by atoms with Crippen LogP contribution in [0.3, 0.4) is 0 Å². The van der Waals surface area contributed by atoms with Crippen molar-refractivity contribution in [1.82, 2.24) is 0 Å². The molecule has 0 aliphatic heterocycles. The summed E-state index contributed by atoms with van der Waals surface area (Å²) < 4.78 is 27.1. The van der Waals surface area contributed by atoms with Gasteiger partial charge in [-0.25, -0.2) is 13.6 Å². The largest absolute Gasteiger partial charge is 0.495 e. The Kier molecular flexibility index (Phi) is 3.10. The minimum atomic E-state index is -3.81. The van der Waals surface area contributed by atoms with Crippen LogP contribution < -0.4 is 9.88 Å². The van der Waals surface area contributed by atoms with Crippen molar-refractivity contribution in [3.63, 3.8) is 0 Å². The van der Waals surface area contributed by atoms with Crippen LogP contribution in [-0.2, 0) is 16.6 Å². The molecule has 0 heterocycles. The maximum Gasteiger partial charge on any atom is 0.241 e. The monoisotopic (exact) mass is 217 g/mol. The summed E-state index contributed by atoms with van der Waals surface area (Å²) in [4.78, 5) is -0.119. The third-order valence-electron chi connectivity index (χ3n) is 1.74. The lowest BCUT2D eigenvalue weighted by Crippen LogP contribution is -2.14. The first-order chi connectivity index (χ1) is 6.50. The number of ether oxygens (including phenoxy) is 1. The number of methoxy groups -OCH3 is 1. The second-order valence-corrected chi connectivity index (χ2v) is 4.18. The van der Waals surface area contributed by atoms with Crippen LogP contribution in [0.2, 0.25) is 0 Å². The lowest BCUT2D eigenvalue weighted by Gasteiger charge is -2.09. The average molecular weight is 217 g/mol. The summed E-state index contributed by atoms with van der Waals surface area (Å²) in [6, 6.07) is 4.38. The van der Waals surface area contributed by atoms with E-state index in [-0.39, 0.29) is 17.3 Å². The van der Waals surface area contributed by atoms with E-state index in [9.17, 15) is 8.42 Å². The summed E-state index contributed by atoms with van der Waals surface area (Å²) in [5.74, 6) is 0.0949. The van der Waals surface area contributed by atoms with E-state index in [0.717, 1.165) is 0 Å². The highest BCUT2D eigenvalue weighted by Crippen LogP contribution is 2.26. The van der Waals surface area contributed by atoms with Crippen molar-refractivity contribution in [2.75, 3.05) is 7.11 Å². The molecule has 0 atom stereocenters. The summed E-state index contributed by atoms with van der Waals surface area (Å²) >= 11 is 0. The molecule has 1 aromatic carbocycles. The topological polar surface area (TPSA) is 89.6 Å². The van der Waals surface area contributed by atoms with Gasteiger partial charge in [-0.15, -0.1) is 0 Å². The van der Waals surface area contributed by atoms with Gasteiger partial charge in [0.1, 0.15) is 10.6 Å². The number of hydrogen-bond acceptors (Lipinski definition) is 4. The quantitative estimate of drug-likeness (QED) is 0.735. The van der Waals surface area contributed by atoms with Crippen molar-refractivity contribution in [1.29, 1.82) is 0 Å². The summed E-state index contributed by atoms with van der Waals surface area (Å²) in [7, 11) is -2.49. The molecule has 0 radical (unpaired) electrons.